The fourth-order valence-electron chi connectivity index (χ4n) is 13.6. The molecule has 15 heteroatoms. The number of fused-ring (bicyclic) bond motifs is 3. The fourth-order valence-corrected chi connectivity index (χ4v) is 13.6. The molecule has 564 valence electrons. The molecule has 0 amide bonds. The van der Waals surface area contributed by atoms with Gasteiger partial charge in [-0.1, -0.05) is 245 Å². The molecule has 6 saturated carbocycles. The SMILES string of the molecule is C[C]1[C](C)[C](C)[C](C)[C]1C.C[C]1[C](C)[C](C)[C](C)[C]1C.C[C]1[C](C)[C](C)[C](C)[C]1C.C[C]1[C](C)[C](C)[C](C)[C]1C.C[C]1[C](C)[C](C)[C](C)[C]1C.C[C]1[C](C)[C](C)[C](C)[C]1C.C[N-]c1[n-]c(C)c2cc(C#N)c(C#N)cc12.C[N-]c1[n-]c(C)c2cc(C#N)c(C#N)cc12.C[N-]c1[n-]c(C)c2cc(C#N)c(C#N)cc12.[Th+4].[Th+4].[Th+4]. The Labute approximate surface area is 773 Å². The average Bonchev–Trinajstić information content (AvgIpc) is 1.66. The van der Waals surface area contributed by atoms with Crippen LogP contribution in [-0.4, -0.2) is 21.1 Å². The third kappa shape index (κ3) is 24.4. The van der Waals surface area contributed by atoms with E-state index in [2.05, 4.69) is 239 Å². The summed E-state index contributed by atoms with van der Waals surface area (Å²) in [7, 11) is 4.97. The number of aryl methyl sites for hydroxylation is 3. The number of nitrogens with zero attached hydrogens (tertiary/aromatic N) is 12. The molecule has 6 aliphatic carbocycles. The van der Waals surface area contributed by atoms with Crippen molar-refractivity contribution in [2.75, 3.05) is 21.1 Å². The summed E-state index contributed by atoms with van der Waals surface area (Å²) >= 11 is 0. The number of nitriles is 6. The molecule has 3 aromatic carbocycles. The van der Waals surface area contributed by atoms with E-state index in [1.54, 1.807) is 57.5 Å². The van der Waals surface area contributed by atoms with Crippen molar-refractivity contribution < 1.29 is 120 Å². The van der Waals surface area contributed by atoms with E-state index in [9.17, 15) is 0 Å². The van der Waals surface area contributed by atoms with Crippen molar-refractivity contribution in [3.05, 3.63) is 280 Å². The zero-order chi connectivity index (χ0) is 82.4. The number of benzene rings is 3. The van der Waals surface area contributed by atoms with Crippen LogP contribution in [0.25, 0.3) is 48.3 Å². The van der Waals surface area contributed by atoms with Crippen molar-refractivity contribution >= 4 is 49.8 Å². The van der Waals surface area contributed by atoms with Gasteiger partial charge in [0.1, 0.15) is 36.4 Å². The topological polar surface area (TPSA) is 227 Å². The summed E-state index contributed by atoms with van der Waals surface area (Å²) in [6, 6.07) is 22.2. The Morgan fingerprint density at radius 1 is 0.180 bits per heavy atom. The molecule has 0 bridgehead atoms. The van der Waals surface area contributed by atoms with E-state index < -0.39 is 0 Å². The van der Waals surface area contributed by atoms with E-state index in [1.807, 2.05) is 57.2 Å². The van der Waals surface area contributed by atoms with Crippen LogP contribution in [0.1, 0.15) is 258 Å². The second kappa shape index (κ2) is 47.3. The normalized spacial score (nSPS) is 19.6. The first-order chi connectivity index (χ1) is 50.4. The summed E-state index contributed by atoms with van der Waals surface area (Å²) in [6.07, 6.45) is 0. The molecule has 12 rings (SSSR count). The van der Waals surface area contributed by atoms with Crippen molar-refractivity contribution in [3.63, 3.8) is 0 Å². The predicted molar refractivity (Wildman–Crippen MR) is 449 cm³/mol. The van der Waals surface area contributed by atoms with Crippen molar-refractivity contribution in [2.24, 2.45) is 0 Å². The Balaban J connectivity index is 0.000000628. The molecule has 0 saturated heterocycles. The summed E-state index contributed by atoms with van der Waals surface area (Å²) in [5.41, 5.74) is 4.74. The Hall–Kier alpha value is -3.41. The summed E-state index contributed by atoms with van der Waals surface area (Å²) in [5.74, 6) is 45.9. The molecule has 0 aliphatic heterocycles. The minimum absolute atomic E-state index is 0. The zero-order valence-electron chi connectivity index (χ0n) is 73.3. The molecule has 12 nitrogen and oxygen atoms in total. The molecule has 6 aliphatic rings. The van der Waals surface area contributed by atoms with E-state index in [-0.39, 0.29) is 120 Å². The van der Waals surface area contributed by atoms with E-state index in [1.165, 1.54) is 178 Å². The van der Waals surface area contributed by atoms with Crippen LogP contribution in [0, 0.1) is 386 Å². The van der Waals surface area contributed by atoms with Crippen LogP contribution in [0.3, 0.4) is 0 Å². The maximum absolute atomic E-state index is 8.93. The predicted octanol–water partition coefficient (Wildman–Crippen LogP) is 25.3. The van der Waals surface area contributed by atoms with Gasteiger partial charge in [0.2, 0.25) is 0 Å². The van der Waals surface area contributed by atoms with Gasteiger partial charge in [0, 0.05) is 0 Å². The van der Waals surface area contributed by atoms with Crippen LogP contribution in [0.15, 0.2) is 36.4 Å². The summed E-state index contributed by atoms with van der Waals surface area (Å²) < 4.78 is 0. The summed E-state index contributed by atoms with van der Waals surface area (Å²) in [5, 5.41) is 70.8. The molecule has 3 aromatic heterocycles. The van der Waals surface area contributed by atoms with Gasteiger partial charge in [-0.2, -0.15) is 48.7 Å². The van der Waals surface area contributed by atoms with Crippen molar-refractivity contribution in [2.45, 2.75) is 228 Å². The third-order valence-electron chi connectivity index (χ3n) is 24.4. The standard InChI is InChI=1S/3C12H8N4.6C10H15.3Th/c3*1-7-10-3-8(5-13)9(6-14)4-11(10)12(15-2)16-7;6*1-6-7(2)9(4)10(5)8(6)3;;;/h3*3-4H,1-2H3;6*1-5H3;;;/q3*-2;;;;;;;3*+4. The van der Waals surface area contributed by atoms with Gasteiger partial charge in [0.15, 0.2) is 0 Å². The van der Waals surface area contributed by atoms with E-state index in [0.29, 0.717) is 50.8 Å². The zero-order valence-corrected chi connectivity index (χ0v) is 85.7. The summed E-state index contributed by atoms with van der Waals surface area (Å²) in [4.78, 5) is 12.8. The Kier molecular flexibility index (Phi) is 45.0. The maximum Gasteiger partial charge on any atom is 4.00 e. The van der Waals surface area contributed by atoms with E-state index in [4.69, 9.17) is 31.6 Å². The molecule has 6 fully saturated rings. The van der Waals surface area contributed by atoms with Gasteiger partial charge in [-0.15, -0.1) is 21.1 Å². The smallest absolute Gasteiger partial charge is 0.706 e. The van der Waals surface area contributed by atoms with Crippen LogP contribution >= 0.6 is 0 Å². The Morgan fingerprint density at radius 3 is 0.351 bits per heavy atom. The van der Waals surface area contributed by atoms with Crippen LogP contribution in [0.4, 0.5) is 17.5 Å². The average molecular weight is 2130 g/mol. The van der Waals surface area contributed by atoms with Crippen molar-refractivity contribution in [1.82, 2.24) is 15.0 Å². The van der Waals surface area contributed by atoms with Crippen LogP contribution in [0.5, 0.6) is 0 Å². The van der Waals surface area contributed by atoms with E-state index >= 15 is 0 Å². The van der Waals surface area contributed by atoms with Gasteiger partial charge in [0.25, 0.3) is 0 Å². The van der Waals surface area contributed by atoms with E-state index in [0.717, 1.165) is 49.4 Å². The molecule has 0 N–H and O–H groups in total. The van der Waals surface area contributed by atoms with Gasteiger partial charge in [-0.25, -0.2) is 0 Å². The fraction of sp³-hybridized carbons (Fsp3) is 0.375. The molecular weight excluding hydrogens is 2020 g/mol. The molecule has 111 heavy (non-hydrogen) atoms. The molecule has 0 atom stereocenters. The Morgan fingerprint density at radius 2 is 0.270 bits per heavy atom. The molecule has 0 unspecified atom stereocenters. The largest absolute Gasteiger partial charge is 4.00 e. The first-order valence-corrected chi connectivity index (χ1v) is 36.7. The van der Waals surface area contributed by atoms with Crippen molar-refractivity contribution in [1.29, 1.82) is 31.6 Å². The second-order valence-corrected chi connectivity index (χ2v) is 29.0. The molecule has 0 spiro atoms. The molecular formula is C96H114N12Th3+6. The van der Waals surface area contributed by atoms with Gasteiger partial charge in [-0.3, -0.25) is 17.5 Å². The molecule has 3 heterocycles. The first-order valence-electron chi connectivity index (χ1n) is 36.7. The quantitative estimate of drug-likeness (QED) is 0.164. The van der Waals surface area contributed by atoms with Crippen LogP contribution in [-0.2, 0) is 0 Å². The number of hydrogen-bond donors (Lipinski definition) is 0. The van der Waals surface area contributed by atoms with Crippen LogP contribution in [0.2, 0.25) is 0 Å². The van der Waals surface area contributed by atoms with Gasteiger partial charge in [0.05, 0.1) is 33.4 Å². The maximum atomic E-state index is 8.93. The first kappa shape index (κ1) is 106. The third-order valence-corrected chi connectivity index (χ3v) is 24.4. The van der Waals surface area contributed by atoms with Crippen LogP contribution < -0.4 is 15.0 Å². The monoisotopic (exact) mass is 2130 g/mol. The number of hydrogen-bond acceptors (Lipinski definition) is 6. The molecule has 6 aromatic rings. The second-order valence-electron chi connectivity index (χ2n) is 29.0. The van der Waals surface area contributed by atoms with Gasteiger partial charge < -0.3 is 30.9 Å². The minimum Gasteiger partial charge on any atom is -0.706 e. The minimum atomic E-state index is 0. The number of aromatic nitrogens is 3. The Bertz CT molecular complexity index is 3380. The molecule has 30 radical (unpaired) electrons. The van der Waals surface area contributed by atoms with Gasteiger partial charge >= 0.3 is 120 Å². The summed E-state index contributed by atoms with van der Waals surface area (Å²) in [6.45, 7) is 71.6. The number of rotatable bonds is 3. The van der Waals surface area contributed by atoms with Crippen molar-refractivity contribution in [3.8, 4) is 36.4 Å². The van der Waals surface area contributed by atoms with Gasteiger partial charge in [-0.05, 0) is 230 Å².